The minimum Gasteiger partial charge on any atom is -0.343 e. The van der Waals surface area contributed by atoms with Crippen molar-refractivity contribution >= 4 is 41.2 Å². The first-order valence-electron chi connectivity index (χ1n) is 7.08. The van der Waals surface area contributed by atoms with Crippen molar-refractivity contribution in [2.75, 3.05) is 6.54 Å². The summed E-state index contributed by atoms with van der Waals surface area (Å²) in [6.45, 7) is 1.74. The highest BCUT2D eigenvalue weighted by atomic mass is 35.5. The van der Waals surface area contributed by atoms with E-state index in [2.05, 4.69) is 15.8 Å². The maximum Gasteiger partial charge on any atom is 0.259 e. The molecule has 2 aromatic rings. The fraction of sp³-hybridized carbons (Fsp3) is 0.118. The molecule has 0 aromatic heterocycles. The fourth-order valence-electron chi connectivity index (χ4n) is 1.80. The second-order valence-corrected chi connectivity index (χ2v) is 5.77. The molecular weight excluding hydrogens is 349 g/mol. The number of aryl methyl sites for hydroxylation is 1. The number of carbonyl (C=O) groups excluding carboxylic acids is 2. The van der Waals surface area contributed by atoms with Gasteiger partial charge in [-0.2, -0.15) is 5.10 Å². The Morgan fingerprint density at radius 3 is 2.54 bits per heavy atom. The van der Waals surface area contributed by atoms with Crippen LogP contribution in [-0.4, -0.2) is 24.6 Å². The lowest BCUT2D eigenvalue weighted by molar-refractivity contribution is -0.120. The summed E-state index contributed by atoms with van der Waals surface area (Å²) in [4.78, 5) is 23.6. The number of amides is 2. The molecule has 0 saturated carbocycles. The van der Waals surface area contributed by atoms with Crippen molar-refractivity contribution < 1.29 is 9.59 Å². The Kier molecular flexibility index (Phi) is 6.35. The molecule has 0 bridgehead atoms. The van der Waals surface area contributed by atoms with Gasteiger partial charge in [0.05, 0.1) is 22.8 Å². The monoisotopic (exact) mass is 363 g/mol. The van der Waals surface area contributed by atoms with Crippen LogP contribution < -0.4 is 10.7 Å². The first-order chi connectivity index (χ1) is 11.5. The van der Waals surface area contributed by atoms with Crippen LogP contribution in [0.4, 0.5) is 0 Å². The van der Waals surface area contributed by atoms with Gasteiger partial charge in [-0.1, -0.05) is 53.0 Å². The van der Waals surface area contributed by atoms with E-state index in [-0.39, 0.29) is 12.5 Å². The Bertz CT molecular complexity index is 774. The van der Waals surface area contributed by atoms with Crippen LogP contribution in [0.3, 0.4) is 0 Å². The molecule has 7 heteroatoms. The Balaban J connectivity index is 1.83. The van der Waals surface area contributed by atoms with Crippen molar-refractivity contribution in [2.45, 2.75) is 6.92 Å². The van der Waals surface area contributed by atoms with Crippen molar-refractivity contribution in [1.82, 2.24) is 10.7 Å². The lowest BCUT2D eigenvalue weighted by Gasteiger charge is -2.05. The van der Waals surface area contributed by atoms with E-state index >= 15 is 0 Å². The van der Waals surface area contributed by atoms with Crippen molar-refractivity contribution in [2.24, 2.45) is 5.10 Å². The highest BCUT2D eigenvalue weighted by Crippen LogP contribution is 2.23. The predicted octanol–water partition coefficient (Wildman–Crippen LogP) is 3.18. The molecule has 0 atom stereocenters. The summed E-state index contributed by atoms with van der Waals surface area (Å²) in [5.41, 5.74) is 4.43. The van der Waals surface area contributed by atoms with E-state index in [9.17, 15) is 9.59 Å². The van der Waals surface area contributed by atoms with Gasteiger partial charge in [0.1, 0.15) is 0 Å². The van der Waals surface area contributed by atoms with Gasteiger partial charge in [0, 0.05) is 11.1 Å². The molecule has 0 fully saturated rings. The first-order valence-corrected chi connectivity index (χ1v) is 7.84. The zero-order valence-corrected chi connectivity index (χ0v) is 14.4. The maximum absolute atomic E-state index is 11.9. The minimum atomic E-state index is -0.454. The highest BCUT2D eigenvalue weighted by molar-refractivity contribution is 6.43. The molecule has 0 aliphatic rings. The molecule has 0 aliphatic carbocycles. The van der Waals surface area contributed by atoms with Gasteiger partial charge in [0.25, 0.3) is 11.8 Å². The summed E-state index contributed by atoms with van der Waals surface area (Å²) in [6, 6.07) is 12.1. The third kappa shape index (κ3) is 5.08. The van der Waals surface area contributed by atoms with Crippen LogP contribution in [0, 0.1) is 6.92 Å². The molecule has 2 N–H and O–H groups in total. The van der Waals surface area contributed by atoms with Crippen molar-refractivity contribution in [3.05, 3.63) is 69.2 Å². The van der Waals surface area contributed by atoms with Crippen molar-refractivity contribution in [3.63, 3.8) is 0 Å². The molecule has 0 unspecified atom stereocenters. The molecule has 2 aromatic carbocycles. The fourth-order valence-corrected chi connectivity index (χ4v) is 2.16. The van der Waals surface area contributed by atoms with Crippen molar-refractivity contribution in [3.8, 4) is 0 Å². The van der Waals surface area contributed by atoms with Crippen molar-refractivity contribution in [1.29, 1.82) is 0 Å². The van der Waals surface area contributed by atoms with Crippen LogP contribution in [0.5, 0.6) is 0 Å². The zero-order chi connectivity index (χ0) is 17.5. The molecule has 24 heavy (non-hydrogen) atoms. The number of hydrazone groups is 1. The van der Waals surface area contributed by atoms with Gasteiger partial charge in [0.15, 0.2) is 0 Å². The highest BCUT2D eigenvalue weighted by Gasteiger charge is 2.07. The molecular formula is C17H15Cl2N3O2. The van der Waals surface area contributed by atoms with E-state index in [0.29, 0.717) is 21.2 Å². The molecule has 0 heterocycles. The van der Waals surface area contributed by atoms with Gasteiger partial charge in [-0.25, -0.2) is 5.43 Å². The summed E-state index contributed by atoms with van der Waals surface area (Å²) < 4.78 is 0. The van der Waals surface area contributed by atoms with E-state index in [0.717, 1.165) is 5.56 Å². The van der Waals surface area contributed by atoms with E-state index in [4.69, 9.17) is 23.2 Å². The average Bonchev–Trinajstić information content (AvgIpc) is 2.57. The smallest absolute Gasteiger partial charge is 0.259 e. The molecule has 2 amide bonds. The number of nitrogens with one attached hydrogen (secondary N) is 2. The SMILES string of the molecule is Cc1ccc(C(=O)NCC(=O)N/N=C/c2cccc(Cl)c2Cl)cc1. The van der Waals surface area contributed by atoms with Gasteiger partial charge in [0.2, 0.25) is 0 Å². The quantitative estimate of drug-likeness (QED) is 0.632. The zero-order valence-electron chi connectivity index (χ0n) is 12.8. The van der Waals surface area contributed by atoms with Crippen LogP contribution >= 0.6 is 23.2 Å². The Hall–Kier alpha value is -2.37. The van der Waals surface area contributed by atoms with E-state index in [1.165, 1.54) is 6.21 Å². The molecule has 5 nitrogen and oxygen atoms in total. The van der Waals surface area contributed by atoms with Gasteiger partial charge in [-0.15, -0.1) is 0 Å². The van der Waals surface area contributed by atoms with Crippen LogP contribution in [0.25, 0.3) is 0 Å². The van der Waals surface area contributed by atoms with Crippen LogP contribution in [-0.2, 0) is 4.79 Å². The average molecular weight is 364 g/mol. The van der Waals surface area contributed by atoms with Crippen LogP contribution in [0.2, 0.25) is 10.0 Å². The standard InChI is InChI=1S/C17H15Cl2N3O2/c1-11-5-7-12(8-6-11)17(24)20-10-15(23)22-21-9-13-3-2-4-14(18)16(13)19/h2-9H,10H2,1H3,(H,20,24)(H,22,23)/b21-9+. The second kappa shape index (κ2) is 8.47. The lowest BCUT2D eigenvalue weighted by atomic mass is 10.1. The van der Waals surface area contributed by atoms with Gasteiger partial charge >= 0.3 is 0 Å². The molecule has 124 valence electrons. The van der Waals surface area contributed by atoms with E-state index in [1.807, 2.05) is 19.1 Å². The Morgan fingerprint density at radius 1 is 1.12 bits per heavy atom. The Labute approximate surface area is 149 Å². The van der Waals surface area contributed by atoms with Crippen LogP contribution in [0.15, 0.2) is 47.6 Å². The van der Waals surface area contributed by atoms with E-state index < -0.39 is 5.91 Å². The molecule has 2 rings (SSSR count). The van der Waals surface area contributed by atoms with Gasteiger partial charge < -0.3 is 5.32 Å². The summed E-state index contributed by atoms with van der Waals surface area (Å²) >= 11 is 11.9. The molecule has 0 aliphatic heterocycles. The summed E-state index contributed by atoms with van der Waals surface area (Å²) in [6.07, 6.45) is 1.38. The summed E-state index contributed by atoms with van der Waals surface area (Å²) in [5, 5.41) is 7.05. The summed E-state index contributed by atoms with van der Waals surface area (Å²) in [7, 11) is 0. The molecule has 0 saturated heterocycles. The predicted molar refractivity (Wildman–Crippen MR) is 95.7 cm³/mol. The molecule has 0 spiro atoms. The number of halogens is 2. The second-order valence-electron chi connectivity index (χ2n) is 4.98. The third-order valence-corrected chi connectivity index (χ3v) is 3.93. The topological polar surface area (TPSA) is 70.6 Å². The third-order valence-electron chi connectivity index (χ3n) is 3.10. The number of nitrogens with zero attached hydrogens (tertiary/aromatic N) is 1. The summed E-state index contributed by atoms with van der Waals surface area (Å²) in [5.74, 6) is -0.781. The minimum absolute atomic E-state index is 0.187. The van der Waals surface area contributed by atoms with Gasteiger partial charge in [-0.05, 0) is 25.1 Å². The maximum atomic E-state index is 11.9. The normalized spacial score (nSPS) is 10.6. The van der Waals surface area contributed by atoms with Gasteiger partial charge in [-0.3, -0.25) is 9.59 Å². The number of carbonyl (C=O) groups is 2. The van der Waals surface area contributed by atoms with E-state index in [1.54, 1.807) is 30.3 Å². The number of benzene rings is 2. The molecule has 0 radical (unpaired) electrons. The number of rotatable bonds is 5. The Morgan fingerprint density at radius 2 is 1.83 bits per heavy atom. The first kappa shape index (κ1) is 18.0. The number of hydrogen-bond donors (Lipinski definition) is 2. The number of hydrogen-bond acceptors (Lipinski definition) is 3. The van der Waals surface area contributed by atoms with Crippen LogP contribution in [0.1, 0.15) is 21.5 Å². The lowest BCUT2D eigenvalue weighted by Crippen LogP contribution is -2.34. The largest absolute Gasteiger partial charge is 0.343 e.